The van der Waals surface area contributed by atoms with Crippen molar-refractivity contribution in [1.29, 1.82) is 0 Å². The first kappa shape index (κ1) is 18.9. The summed E-state index contributed by atoms with van der Waals surface area (Å²) in [5.74, 6) is -0.191. The molecule has 134 valence electrons. The molecule has 0 aliphatic rings. The van der Waals surface area contributed by atoms with Crippen molar-refractivity contribution in [3.63, 3.8) is 0 Å². The van der Waals surface area contributed by atoms with Crippen LogP contribution in [0.25, 0.3) is 10.9 Å². The standard InChI is InChI=1S/C20H26N2O3/c1-3-25-19(23)12-6-4-5-9-13-21-20(24)17-14-15(2)22-18-11-8-7-10-16(17)18/h7-8,10-11,14H,3-6,9,12-13H2,1-2H3,(H,21,24). The molecule has 0 unspecified atom stereocenters. The number of hydrogen-bond acceptors (Lipinski definition) is 4. The largest absolute Gasteiger partial charge is 0.466 e. The molecule has 0 saturated carbocycles. The van der Waals surface area contributed by atoms with Crippen LogP contribution in [0.4, 0.5) is 0 Å². The number of carbonyl (C=O) groups excluding carboxylic acids is 2. The van der Waals surface area contributed by atoms with E-state index in [1.54, 1.807) is 0 Å². The van der Waals surface area contributed by atoms with Crippen molar-refractivity contribution in [2.24, 2.45) is 0 Å². The molecule has 0 aliphatic heterocycles. The van der Waals surface area contributed by atoms with E-state index >= 15 is 0 Å². The van der Waals surface area contributed by atoms with Gasteiger partial charge in [0.1, 0.15) is 0 Å². The highest BCUT2D eigenvalue weighted by molar-refractivity contribution is 6.06. The summed E-state index contributed by atoms with van der Waals surface area (Å²) < 4.78 is 4.89. The van der Waals surface area contributed by atoms with Gasteiger partial charge >= 0.3 is 5.97 Å². The van der Waals surface area contributed by atoms with Crippen LogP contribution in [0.2, 0.25) is 0 Å². The second-order valence-electron chi connectivity index (χ2n) is 6.05. The molecule has 0 fully saturated rings. The van der Waals surface area contributed by atoms with E-state index in [2.05, 4.69) is 10.3 Å². The van der Waals surface area contributed by atoms with E-state index in [-0.39, 0.29) is 11.9 Å². The van der Waals surface area contributed by atoms with Gasteiger partial charge in [0.25, 0.3) is 5.91 Å². The molecule has 5 nitrogen and oxygen atoms in total. The SMILES string of the molecule is CCOC(=O)CCCCCCNC(=O)c1cc(C)nc2ccccc12. The topological polar surface area (TPSA) is 68.3 Å². The molecule has 2 rings (SSSR count). The van der Waals surface area contributed by atoms with Crippen molar-refractivity contribution in [3.05, 3.63) is 41.6 Å². The molecule has 1 aromatic carbocycles. The number of aromatic nitrogens is 1. The molecule has 2 aromatic rings. The second-order valence-corrected chi connectivity index (χ2v) is 6.05. The fraction of sp³-hybridized carbons (Fsp3) is 0.450. The number of rotatable bonds is 9. The number of aryl methyl sites for hydroxylation is 1. The number of ether oxygens (including phenoxy) is 1. The zero-order valence-corrected chi connectivity index (χ0v) is 15.0. The minimum absolute atomic E-state index is 0.0618. The maximum absolute atomic E-state index is 12.5. The number of amides is 1. The van der Waals surface area contributed by atoms with Crippen LogP contribution in [0.15, 0.2) is 30.3 Å². The molecule has 0 radical (unpaired) electrons. The van der Waals surface area contributed by atoms with Crippen LogP contribution in [-0.2, 0) is 9.53 Å². The summed E-state index contributed by atoms with van der Waals surface area (Å²) in [5.41, 5.74) is 2.35. The lowest BCUT2D eigenvalue weighted by Gasteiger charge is -2.09. The Morgan fingerprint density at radius 2 is 1.88 bits per heavy atom. The number of fused-ring (bicyclic) bond motifs is 1. The number of nitrogens with zero attached hydrogens (tertiary/aromatic N) is 1. The van der Waals surface area contributed by atoms with Crippen LogP contribution in [0.5, 0.6) is 0 Å². The molecule has 1 aromatic heterocycles. The summed E-state index contributed by atoms with van der Waals surface area (Å²) in [6, 6.07) is 9.51. The number of para-hydroxylation sites is 1. The van der Waals surface area contributed by atoms with Gasteiger partial charge in [-0.3, -0.25) is 14.6 Å². The zero-order valence-electron chi connectivity index (χ0n) is 15.0. The van der Waals surface area contributed by atoms with Crippen LogP contribution in [0.1, 0.15) is 55.1 Å². The third kappa shape index (κ3) is 5.85. The number of nitrogens with one attached hydrogen (secondary N) is 1. The van der Waals surface area contributed by atoms with E-state index in [0.717, 1.165) is 42.3 Å². The van der Waals surface area contributed by atoms with Gasteiger partial charge in [-0.15, -0.1) is 0 Å². The Morgan fingerprint density at radius 1 is 1.12 bits per heavy atom. The molecular weight excluding hydrogens is 316 g/mol. The molecule has 5 heteroatoms. The summed E-state index contributed by atoms with van der Waals surface area (Å²) in [4.78, 5) is 28.1. The van der Waals surface area contributed by atoms with Gasteiger partial charge in [0.05, 0.1) is 17.7 Å². The molecule has 0 spiro atoms. The Kier molecular flexibility index (Phi) is 7.38. The van der Waals surface area contributed by atoms with E-state index in [1.165, 1.54) is 0 Å². The number of unbranched alkanes of at least 4 members (excludes halogenated alkanes) is 3. The molecule has 0 bridgehead atoms. The Balaban J connectivity index is 1.75. The van der Waals surface area contributed by atoms with Crippen LogP contribution >= 0.6 is 0 Å². The van der Waals surface area contributed by atoms with Crippen molar-refractivity contribution in [2.75, 3.05) is 13.2 Å². The van der Waals surface area contributed by atoms with Crippen molar-refractivity contribution >= 4 is 22.8 Å². The molecule has 1 N–H and O–H groups in total. The van der Waals surface area contributed by atoms with Gasteiger partial charge in [-0.1, -0.05) is 31.0 Å². The smallest absolute Gasteiger partial charge is 0.305 e. The molecule has 0 aliphatic carbocycles. The normalized spacial score (nSPS) is 10.6. The average Bonchev–Trinajstić information content (AvgIpc) is 2.60. The lowest BCUT2D eigenvalue weighted by molar-refractivity contribution is -0.143. The van der Waals surface area contributed by atoms with Gasteiger partial charge in [-0.25, -0.2) is 0 Å². The van der Waals surface area contributed by atoms with Gasteiger partial charge in [0.2, 0.25) is 0 Å². The zero-order chi connectivity index (χ0) is 18.1. The summed E-state index contributed by atoms with van der Waals surface area (Å²) in [6.45, 7) is 4.78. The maximum atomic E-state index is 12.5. The van der Waals surface area contributed by atoms with Gasteiger partial charge < -0.3 is 10.1 Å². The summed E-state index contributed by atoms with van der Waals surface area (Å²) in [5, 5.41) is 3.85. The fourth-order valence-electron chi connectivity index (χ4n) is 2.77. The van der Waals surface area contributed by atoms with Gasteiger partial charge in [0.15, 0.2) is 0 Å². The number of hydrogen-bond donors (Lipinski definition) is 1. The van der Waals surface area contributed by atoms with E-state index in [4.69, 9.17) is 4.74 Å². The first-order chi connectivity index (χ1) is 12.1. The maximum Gasteiger partial charge on any atom is 0.305 e. The molecule has 0 saturated heterocycles. The molecule has 1 amide bonds. The van der Waals surface area contributed by atoms with Crippen molar-refractivity contribution in [1.82, 2.24) is 10.3 Å². The molecule has 25 heavy (non-hydrogen) atoms. The highest BCUT2D eigenvalue weighted by Gasteiger charge is 2.11. The first-order valence-corrected chi connectivity index (χ1v) is 8.92. The molecular formula is C20H26N2O3. The van der Waals surface area contributed by atoms with Gasteiger partial charge in [0, 0.05) is 24.0 Å². The molecule has 1 heterocycles. The van der Waals surface area contributed by atoms with E-state index in [0.29, 0.717) is 25.1 Å². The predicted octanol–water partition coefficient (Wildman–Crippen LogP) is 3.79. The third-order valence-corrected chi connectivity index (χ3v) is 3.99. The van der Waals surface area contributed by atoms with Crippen LogP contribution in [0.3, 0.4) is 0 Å². The van der Waals surface area contributed by atoms with Gasteiger partial charge in [-0.2, -0.15) is 0 Å². The minimum Gasteiger partial charge on any atom is -0.466 e. The quantitative estimate of drug-likeness (QED) is 0.556. The van der Waals surface area contributed by atoms with Crippen molar-refractivity contribution in [3.8, 4) is 0 Å². The van der Waals surface area contributed by atoms with E-state index < -0.39 is 0 Å². The lowest BCUT2D eigenvalue weighted by atomic mass is 10.1. The van der Waals surface area contributed by atoms with Crippen LogP contribution < -0.4 is 5.32 Å². The van der Waals surface area contributed by atoms with E-state index in [1.807, 2.05) is 44.2 Å². The summed E-state index contributed by atoms with van der Waals surface area (Å²) >= 11 is 0. The summed E-state index contributed by atoms with van der Waals surface area (Å²) in [6.07, 6.45) is 4.15. The number of esters is 1. The van der Waals surface area contributed by atoms with E-state index in [9.17, 15) is 9.59 Å². The lowest BCUT2D eigenvalue weighted by Crippen LogP contribution is -2.24. The Labute approximate surface area is 148 Å². The number of benzene rings is 1. The average molecular weight is 342 g/mol. The third-order valence-electron chi connectivity index (χ3n) is 3.99. The highest BCUT2D eigenvalue weighted by atomic mass is 16.5. The summed E-state index contributed by atoms with van der Waals surface area (Å²) in [7, 11) is 0. The minimum atomic E-state index is -0.129. The van der Waals surface area contributed by atoms with Crippen molar-refractivity contribution in [2.45, 2.75) is 46.0 Å². The first-order valence-electron chi connectivity index (χ1n) is 8.92. The Morgan fingerprint density at radius 3 is 2.68 bits per heavy atom. The molecule has 0 atom stereocenters. The number of carbonyl (C=O) groups is 2. The fourth-order valence-corrected chi connectivity index (χ4v) is 2.77. The second kappa shape index (κ2) is 9.77. The number of pyridine rings is 1. The van der Waals surface area contributed by atoms with Crippen LogP contribution in [-0.4, -0.2) is 30.0 Å². The van der Waals surface area contributed by atoms with Crippen LogP contribution in [0, 0.1) is 6.92 Å². The Hall–Kier alpha value is -2.43. The predicted molar refractivity (Wildman–Crippen MR) is 98.5 cm³/mol. The highest BCUT2D eigenvalue weighted by Crippen LogP contribution is 2.18. The van der Waals surface area contributed by atoms with Crippen molar-refractivity contribution < 1.29 is 14.3 Å². The Bertz CT molecular complexity index is 728. The monoisotopic (exact) mass is 342 g/mol. The van der Waals surface area contributed by atoms with Gasteiger partial charge in [-0.05, 0) is 38.8 Å².